The van der Waals surface area contributed by atoms with Crippen molar-refractivity contribution in [3.05, 3.63) is 98.6 Å². The Morgan fingerprint density at radius 1 is 0.949 bits per heavy atom. The van der Waals surface area contributed by atoms with Crippen LogP contribution in [-0.2, 0) is 32.6 Å². The predicted octanol–water partition coefficient (Wildman–Crippen LogP) is 5.27. The summed E-state index contributed by atoms with van der Waals surface area (Å²) in [5.74, 6) is -0.865. The van der Waals surface area contributed by atoms with Crippen LogP contribution in [0.2, 0.25) is 5.02 Å². The third-order valence-corrected chi connectivity index (χ3v) is 8.09. The molecule has 1 atom stereocenters. The van der Waals surface area contributed by atoms with Crippen molar-refractivity contribution in [3.8, 4) is 0 Å². The summed E-state index contributed by atoms with van der Waals surface area (Å²) in [6, 6.07) is 22.4. The van der Waals surface area contributed by atoms with Crippen molar-refractivity contribution >= 4 is 61.7 Å². The Morgan fingerprint density at radius 3 is 2.10 bits per heavy atom. The second-order valence-corrected chi connectivity index (χ2v) is 13.9. The lowest BCUT2D eigenvalue weighted by atomic mass is 10.0. The van der Waals surface area contributed by atoms with Gasteiger partial charge >= 0.3 is 0 Å². The molecule has 3 rings (SSSR count). The van der Waals surface area contributed by atoms with Crippen LogP contribution in [-0.4, -0.2) is 49.5 Å². The number of hydrogen-bond acceptors (Lipinski definition) is 4. The molecule has 1 N–H and O–H groups in total. The minimum Gasteiger partial charge on any atom is -0.350 e. The van der Waals surface area contributed by atoms with E-state index in [1.807, 2.05) is 51.1 Å². The number of carbonyl (C=O) groups is 2. The molecule has 0 saturated heterocycles. The Labute approximate surface area is 249 Å². The lowest BCUT2D eigenvalue weighted by Gasteiger charge is -2.35. The highest BCUT2D eigenvalue weighted by atomic mass is 127. The summed E-state index contributed by atoms with van der Waals surface area (Å²) in [7, 11) is -3.82. The molecular weight excluding hydrogens is 649 g/mol. The minimum atomic E-state index is -3.82. The van der Waals surface area contributed by atoms with Gasteiger partial charge in [0.2, 0.25) is 21.8 Å². The summed E-state index contributed by atoms with van der Waals surface area (Å²) in [5.41, 5.74) is 1.32. The van der Waals surface area contributed by atoms with Crippen LogP contribution in [0.25, 0.3) is 0 Å². The van der Waals surface area contributed by atoms with Crippen LogP contribution in [0.3, 0.4) is 0 Å². The molecule has 3 aromatic rings. The molecule has 0 heterocycles. The van der Waals surface area contributed by atoms with Crippen LogP contribution >= 0.6 is 34.2 Å². The highest BCUT2D eigenvalue weighted by molar-refractivity contribution is 14.1. The average molecular weight is 682 g/mol. The van der Waals surface area contributed by atoms with Gasteiger partial charge in [0.15, 0.2) is 0 Å². The zero-order valence-corrected chi connectivity index (χ0v) is 26.1. The molecule has 0 aliphatic rings. The second-order valence-electron chi connectivity index (χ2n) is 10.3. The molecule has 39 heavy (non-hydrogen) atoms. The average Bonchev–Trinajstić information content (AvgIpc) is 2.85. The van der Waals surface area contributed by atoms with E-state index in [1.165, 1.54) is 4.90 Å². The van der Waals surface area contributed by atoms with E-state index >= 15 is 0 Å². The molecule has 208 valence electrons. The van der Waals surface area contributed by atoms with E-state index in [0.29, 0.717) is 16.3 Å². The maximum absolute atomic E-state index is 14.1. The van der Waals surface area contributed by atoms with Crippen LogP contribution in [0.1, 0.15) is 31.9 Å². The van der Waals surface area contributed by atoms with Crippen molar-refractivity contribution in [3.63, 3.8) is 0 Å². The number of hydrogen-bond donors (Lipinski definition) is 1. The number of amides is 2. The minimum absolute atomic E-state index is 0.0257. The van der Waals surface area contributed by atoms with Gasteiger partial charge in [0.1, 0.15) is 12.6 Å². The number of nitrogens with zero attached hydrogens (tertiary/aromatic N) is 2. The zero-order valence-electron chi connectivity index (χ0n) is 22.4. The summed E-state index contributed by atoms with van der Waals surface area (Å²) in [6.07, 6.45) is 1.30. The Balaban J connectivity index is 2.08. The van der Waals surface area contributed by atoms with Gasteiger partial charge in [0.05, 0.1) is 11.9 Å². The third kappa shape index (κ3) is 9.22. The molecule has 10 heteroatoms. The lowest BCUT2D eigenvalue weighted by Crippen LogP contribution is -2.56. The van der Waals surface area contributed by atoms with Gasteiger partial charge in [-0.1, -0.05) is 60.1 Å². The van der Waals surface area contributed by atoms with Crippen molar-refractivity contribution in [2.75, 3.05) is 17.1 Å². The van der Waals surface area contributed by atoms with Gasteiger partial charge in [-0.3, -0.25) is 13.9 Å². The molecule has 0 unspecified atom stereocenters. The maximum Gasteiger partial charge on any atom is 0.244 e. The van der Waals surface area contributed by atoms with Crippen LogP contribution in [0.15, 0.2) is 78.9 Å². The molecular formula is C29H33ClIN3O4S. The Hall–Kier alpha value is -2.63. The third-order valence-electron chi connectivity index (χ3n) is 5.86. The first-order valence-corrected chi connectivity index (χ1v) is 15.7. The lowest BCUT2D eigenvalue weighted by molar-refractivity contribution is -0.140. The summed E-state index contributed by atoms with van der Waals surface area (Å²) >= 11 is 8.60. The Kier molecular flexibility index (Phi) is 10.4. The van der Waals surface area contributed by atoms with Crippen LogP contribution in [0.4, 0.5) is 5.69 Å². The van der Waals surface area contributed by atoms with Crippen molar-refractivity contribution in [2.45, 2.75) is 45.3 Å². The number of sulfonamides is 1. The fourth-order valence-corrected chi connectivity index (χ4v) is 5.44. The van der Waals surface area contributed by atoms with E-state index in [4.69, 9.17) is 11.6 Å². The number of carbonyl (C=O) groups excluding carboxylic acids is 2. The summed E-state index contributed by atoms with van der Waals surface area (Å²) in [4.78, 5) is 29.2. The van der Waals surface area contributed by atoms with Gasteiger partial charge in [0.25, 0.3) is 0 Å². The first kappa shape index (κ1) is 30.9. The fourth-order valence-electron chi connectivity index (χ4n) is 4.04. The molecule has 0 saturated carbocycles. The summed E-state index contributed by atoms with van der Waals surface area (Å²) in [5, 5.41) is 3.45. The molecule has 0 aliphatic heterocycles. The van der Waals surface area contributed by atoms with Crippen molar-refractivity contribution in [1.29, 1.82) is 0 Å². The molecule has 0 aliphatic carbocycles. The van der Waals surface area contributed by atoms with E-state index in [2.05, 4.69) is 27.9 Å². The first-order valence-electron chi connectivity index (χ1n) is 12.4. The number of rotatable bonds is 10. The molecule has 0 spiro atoms. The monoisotopic (exact) mass is 681 g/mol. The van der Waals surface area contributed by atoms with Gasteiger partial charge in [-0.15, -0.1) is 0 Å². The molecule has 2 amide bonds. The number of benzene rings is 3. The quantitative estimate of drug-likeness (QED) is 0.296. The van der Waals surface area contributed by atoms with E-state index in [0.717, 1.165) is 19.7 Å². The zero-order chi connectivity index (χ0) is 28.8. The van der Waals surface area contributed by atoms with Crippen molar-refractivity contribution in [2.24, 2.45) is 0 Å². The smallest absolute Gasteiger partial charge is 0.244 e. The highest BCUT2D eigenvalue weighted by Crippen LogP contribution is 2.23. The van der Waals surface area contributed by atoms with Crippen molar-refractivity contribution < 1.29 is 18.0 Å². The predicted molar refractivity (Wildman–Crippen MR) is 165 cm³/mol. The fraction of sp³-hybridized carbons (Fsp3) is 0.310. The molecule has 0 fully saturated rings. The Bertz CT molecular complexity index is 1390. The van der Waals surface area contributed by atoms with Crippen LogP contribution in [0.5, 0.6) is 0 Å². The Morgan fingerprint density at radius 2 is 1.54 bits per heavy atom. The van der Waals surface area contributed by atoms with Crippen LogP contribution in [0, 0.1) is 3.57 Å². The normalized spacial score (nSPS) is 12.5. The molecule has 7 nitrogen and oxygen atoms in total. The van der Waals surface area contributed by atoms with Crippen LogP contribution < -0.4 is 9.62 Å². The SMILES string of the molecule is CC(C)(C)NC(=O)[C@H](Cc1ccccc1)N(Cc1ccccc1Cl)C(=O)CN(c1ccc(I)cc1)S(C)(=O)=O. The van der Waals surface area contributed by atoms with Gasteiger partial charge < -0.3 is 10.2 Å². The first-order chi connectivity index (χ1) is 18.2. The van der Waals surface area contributed by atoms with E-state index in [1.54, 1.807) is 48.5 Å². The topological polar surface area (TPSA) is 86.8 Å². The van der Waals surface area contributed by atoms with E-state index in [9.17, 15) is 18.0 Å². The second kappa shape index (κ2) is 13.1. The number of halogens is 2. The largest absolute Gasteiger partial charge is 0.350 e. The molecule has 3 aromatic carbocycles. The highest BCUT2D eigenvalue weighted by Gasteiger charge is 2.34. The number of nitrogens with one attached hydrogen (secondary N) is 1. The van der Waals surface area contributed by atoms with Gasteiger partial charge in [-0.2, -0.15) is 0 Å². The van der Waals surface area contributed by atoms with Gasteiger partial charge in [-0.25, -0.2) is 8.42 Å². The van der Waals surface area contributed by atoms with E-state index < -0.39 is 34.1 Å². The standard InChI is InChI=1S/C29H33ClIN3O4S/c1-29(2,3)32-28(36)26(18-21-10-6-5-7-11-21)33(19-22-12-8-9-13-25(22)30)27(35)20-34(39(4,37)38)24-16-14-23(31)15-17-24/h5-17,26H,18-20H2,1-4H3,(H,32,36)/t26-/m0/s1. The molecule has 0 radical (unpaired) electrons. The van der Waals surface area contributed by atoms with Gasteiger partial charge in [-0.05, 0) is 84.8 Å². The van der Waals surface area contributed by atoms with E-state index in [-0.39, 0.29) is 18.9 Å². The van der Waals surface area contributed by atoms with Crippen molar-refractivity contribution in [1.82, 2.24) is 10.2 Å². The summed E-state index contributed by atoms with van der Waals surface area (Å²) in [6.45, 7) is 5.16. The maximum atomic E-state index is 14.1. The van der Waals surface area contributed by atoms with Gasteiger partial charge in [0, 0.05) is 27.1 Å². The number of anilines is 1. The summed E-state index contributed by atoms with van der Waals surface area (Å²) < 4.78 is 27.6. The molecule has 0 bridgehead atoms. The molecule has 0 aromatic heterocycles.